The van der Waals surface area contributed by atoms with Crippen molar-refractivity contribution in [3.05, 3.63) is 29.3 Å². The average molecular weight is 444 g/mol. The Labute approximate surface area is 178 Å². The van der Waals surface area contributed by atoms with Gasteiger partial charge >= 0.3 is 6.18 Å². The minimum Gasteiger partial charge on any atom is -0.372 e. The molecule has 2 aromatic rings. The van der Waals surface area contributed by atoms with Crippen LogP contribution in [0.5, 0.6) is 0 Å². The van der Waals surface area contributed by atoms with E-state index in [0.29, 0.717) is 32.5 Å². The number of hydrogen-bond donors (Lipinski definition) is 0. The molecule has 1 aromatic carbocycles. The van der Waals surface area contributed by atoms with Crippen molar-refractivity contribution >= 4 is 27.5 Å². The lowest BCUT2D eigenvalue weighted by Crippen LogP contribution is -2.48. The van der Waals surface area contributed by atoms with Gasteiger partial charge in [-0.1, -0.05) is 12.1 Å². The SMILES string of the molecule is O=C(CCCCc1nc2ccccc2s1)N1CCN(CCCOCC(F)(F)F)CC1. The fourth-order valence-electron chi connectivity index (χ4n) is 3.54. The van der Waals surface area contributed by atoms with Crippen molar-refractivity contribution in [1.82, 2.24) is 14.8 Å². The Morgan fingerprint density at radius 3 is 2.60 bits per heavy atom. The number of ether oxygens (including phenoxy) is 1. The van der Waals surface area contributed by atoms with Crippen LogP contribution in [0.2, 0.25) is 0 Å². The van der Waals surface area contributed by atoms with Crippen LogP contribution in [0, 0.1) is 0 Å². The van der Waals surface area contributed by atoms with E-state index in [2.05, 4.69) is 20.7 Å². The largest absolute Gasteiger partial charge is 0.411 e. The number of para-hydroxylation sites is 1. The van der Waals surface area contributed by atoms with E-state index in [0.717, 1.165) is 42.9 Å². The van der Waals surface area contributed by atoms with E-state index < -0.39 is 12.8 Å². The lowest BCUT2D eigenvalue weighted by molar-refractivity contribution is -0.174. The maximum Gasteiger partial charge on any atom is 0.411 e. The third-order valence-electron chi connectivity index (χ3n) is 5.12. The third-order valence-corrected chi connectivity index (χ3v) is 6.22. The molecule has 5 nitrogen and oxygen atoms in total. The summed E-state index contributed by atoms with van der Waals surface area (Å²) in [6.45, 7) is 2.50. The molecule has 0 atom stereocenters. The molecule has 1 amide bonds. The molecule has 1 aromatic heterocycles. The number of amides is 1. The smallest absolute Gasteiger partial charge is 0.372 e. The number of aryl methyl sites for hydroxylation is 1. The molecule has 3 rings (SSSR count). The Kier molecular flexibility index (Phi) is 8.47. The van der Waals surface area contributed by atoms with Gasteiger partial charge in [0, 0.05) is 45.8 Å². The molecule has 1 saturated heterocycles. The Bertz CT molecular complexity index is 771. The van der Waals surface area contributed by atoms with Gasteiger partial charge in [0.05, 0.1) is 15.2 Å². The number of fused-ring (bicyclic) bond motifs is 1. The van der Waals surface area contributed by atoms with Crippen molar-refractivity contribution in [2.75, 3.05) is 45.9 Å². The van der Waals surface area contributed by atoms with Gasteiger partial charge < -0.3 is 9.64 Å². The van der Waals surface area contributed by atoms with E-state index >= 15 is 0 Å². The van der Waals surface area contributed by atoms with Gasteiger partial charge in [-0.05, 0) is 37.8 Å². The summed E-state index contributed by atoms with van der Waals surface area (Å²) in [4.78, 5) is 21.1. The quantitative estimate of drug-likeness (QED) is 0.518. The van der Waals surface area contributed by atoms with Crippen molar-refractivity contribution in [2.24, 2.45) is 0 Å². The molecule has 0 N–H and O–H groups in total. The molecule has 9 heteroatoms. The fourth-order valence-corrected chi connectivity index (χ4v) is 4.55. The number of benzene rings is 1. The highest BCUT2D eigenvalue weighted by Crippen LogP contribution is 2.23. The Hall–Kier alpha value is -1.71. The van der Waals surface area contributed by atoms with Crippen LogP contribution in [-0.4, -0.2) is 72.8 Å². The molecule has 1 aliphatic rings. The van der Waals surface area contributed by atoms with Crippen LogP contribution < -0.4 is 0 Å². The summed E-state index contributed by atoms with van der Waals surface area (Å²) >= 11 is 1.72. The number of carbonyl (C=O) groups is 1. The minimum absolute atomic E-state index is 0.104. The van der Waals surface area contributed by atoms with E-state index in [-0.39, 0.29) is 12.5 Å². The van der Waals surface area contributed by atoms with Crippen molar-refractivity contribution in [3.63, 3.8) is 0 Å². The highest BCUT2D eigenvalue weighted by atomic mass is 32.1. The standard InChI is InChI=1S/C21H28F3N3O2S/c22-21(23,24)16-29-15-5-10-26-11-13-27(14-12-26)20(28)9-4-3-8-19-25-17-6-1-2-7-18(17)30-19/h1-2,6-7H,3-5,8-16H2. The van der Waals surface area contributed by atoms with E-state index in [9.17, 15) is 18.0 Å². The van der Waals surface area contributed by atoms with E-state index in [1.165, 1.54) is 4.70 Å². The maximum atomic E-state index is 12.4. The van der Waals surface area contributed by atoms with Crippen LogP contribution in [0.3, 0.4) is 0 Å². The maximum absolute atomic E-state index is 12.4. The molecule has 0 radical (unpaired) electrons. The molecule has 0 bridgehead atoms. The first kappa shape index (κ1) is 23.0. The molecule has 0 aliphatic carbocycles. The van der Waals surface area contributed by atoms with Crippen molar-refractivity contribution in [3.8, 4) is 0 Å². The number of unbranched alkanes of at least 4 members (excludes halogenated alkanes) is 1. The molecular formula is C21H28F3N3O2S. The monoisotopic (exact) mass is 443 g/mol. The minimum atomic E-state index is -4.26. The second-order valence-corrected chi connectivity index (χ2v) is 8.64. The Morgan fingerprint density at radius 2 is 1.87 bits per heavy atom. The predicted octanol–water partition coefficient (Wildman–Crippen LogP) is 4.12. The lowest BCUT2D eigenvalue weighted by Gasteiger charge is -2.34. The molecular weight excluding hydrogens is 415 g/mol. The summed E-state index contributed by atoms with van der Waals surface area (Å²) in [5.41, 5.74) is 1.04. The van der Waals surface area contributed by atoms with Gasteiger partial charge in [0.15, 0.2) is 0 Å². The summed E-state index contributed by atoms with van der Waals surface area (Å²) < 4.78 is 41.9. The number of aromatic nitrogens is 1. The van der Waals surface area contributed by atoms with Crippen LogP contribution >= 0.6 is 11.3 Å². The van der Waals surface area contributed by atoms with Gasteiger partial charge in [-0.15, -0.1) is 11.3 Å². The Morgan fingerprint density at radius 1 is 1.10 bits per heavy atom. The Balaban J connectivity index is 1.25. The first-order chi connectivity index (χ1) is 14.4. The van der Waals surface area contributed by atoms with Crippen LogP contribution in [0.4, 0.5) is 13.2 Å². The first-order valence-electron chi connectivity index (χ1n) is 10.4. The number of nitrogens with zero attached hydrogens (tertiary/aromatic N) is 3. The molecule has 0 unspecified atom stereocenters. The highest BCUT2D eigenvalue weighted by Gasteiger charge is 2.27. The van der Waals surface area contributed by atoms with Gasteiger partial charge in [0.2, 0.25) is 5.91 Å². The van der Waals surface area contributed by atoms with E-state index in [1.807, 2.05) is 23.1 Å². The summed E-state index contributed by atoms with van der Waals surface area (Å²) in [5.74, 6) is 0.187. The normalized spacial score (nSPS) is 15.8. The van der Waals surface area contributed by atoms with Crippen LogP contribution in [0.25, 0.3) is 10.2 Å². The van der Waals surface area contributed by atoms with E-state index in [4.69, 9.17) is 0 Å². The van der Waals surface area contributed by atoms with Crippen LogP contribution in [0.15, 0.2) is 24.3 Å². The van der Waals surface area contributed by atoms with Gasteiger partial charge in [-0.25, -0.2) is 4.98 Å². The summed E-state index contributed by atoms with van der Waals surface area (Å²) in [6, 6.07) is 8.11. The van der Waals surface area contributed by atoms with Crippen molar-refractivity contribution < 1.29 is 22.7 Å². The average Bonchev–Trinajstić information content (AvgIpc) is 3.13. The summed E-state index contributed by atoms with van der Waals surface area (Å²) in [7, 11) is 0. The number of thiazole rings is 1. The third kappa shape index (κ3) is 7.52. The number of rotatable bonds is 10. The molecule has 166 valence electrons. The number of hydrogen-bond acceptors (Lipinski definition) is 5. The number of carbonyl (C=O) groups excluding carboxylic acids is 1. The zero-order valence-corrected chi connectivity index (χ0v) is 17.8. The summed E-state index contributed by atoms with van der Waals surface area (Å²) in [6.07, 6.45) is -0.446. The highest BCUT2D eigenvalue weighted by molar-refractivity contribution is 7.18. The molecule has 0 saturated carbocycles. The number of halogens is 3. The van der Waals surface area contributed by atoms with Crippen LogP contribution in [-0.2, 0) is 16.0 Å². The molecule has 1 aliphatic heterocycles. The molecule has 1 fully saturated rings. The van der Waals surface area contributed by atoms with Gasteiger partial charge in [-0.2, -0.15) is 13.2 Å². The second kappa shape index (κ2) is 11.1. The number of piperazine rings is 1. The molecule has 30 heavy (non-hydrogen) atoms. The topological polar surface area (TPSA) is 45.7 Å². The fraction of sp³-hybridized carbons (Fsp3) is 0.619. The van der Waals surface area contributed by atoms with Gasteiger partial charge in [0.1, 0.15) is 6.61 Å². The predicted molar refractivity (Wildman–Crippen MR) is 112 cm³/mol. The lowest BCUT2D eigenvalue weighted by atomic mass is 10.1. The van der Waals surface area contributed by atoms with Gasteiger partial charge in [-0.3, -0.25) is 9.69 Å². The number of alkyl halides is 3. The first-order valence-corrected chi connectivity index (χ1v) is 11.2. The zero-order valence-electron chi connectivity index (χ0n) is 17.0. The summed E-state index contributed by atoms with van der Waals surface area (Å²) in [5, 5.41) is 1.12. The van der Waals surface area contributed by atoms with Crippen molar-refractivity contribution in [2.45, 2.75) is 38.3 Å². The second-order valence-electron chi connectivity index (χ2n) is 7.53. The van der Waals surface area contributed by atoms with Gasteiger partial charge in [0.25, 0.3) is 0 Å². The zero-order chi connectivity index (χ0) is 21.4. The van der Waals surface area contributed by atoms with Crippen LogP contribution in [0.1, 0.15) is 30.7 Å². The molecule has 2 heterocycles. The van der Waals surface area contributed by atoms with Crippen molar-refractivity contribution in [1.29, 1.82) is 0 Å². The molecule has 0 spiro atoms. The van der Waals surface area contributed by atoms with E-state index in [1.54, 1.807) is 11.3 Å².